The second-order valence-corrected chi connectivity index (χ2v) is 6.17. The Kier molecular flexibility index (Phi) is 3.82. The lowest BCUT2D eigenvalue weighted by molar-refractivity contribution is -0.856. The molecule has 4 nitrogen and oxygen atoms in total. The van der Waals surface area contributed by atoms with Crippen molar-refractivity contribution in [2.45, 2.75) is 20.8 Å². The lowest BCUT2D eigenvalue weighted by atomic mass is 10.2. The smallest absolute Gasteiger partial charge is 0.138 e. The molecule has 2 rings (SSSR count). The van der Waals surface area contributed by atoms with Crippen molar-refractivity contribution in [2.75, 3.05) is 32.5 Å². The van der Waals surface area contributed by atoms with Gasteiger partial charge >= 0.3 is 0 Å². The summed E-state index contributed by atoms with van der Waals surface area (Å²) < 4.78 is 0. The van der Waals surface area contributed by atoms with Crippen LogP contribution in [0.3, 0.4) is 0 Å². The molecule has 2 aromatic heterocycles. The summed E-state index contributed by atoms with van der Waals surface area (Å²) in [5.41, 5.74) is 1.30. The molecule has 0 saturated heterocycles. The van der Waals surface area contributed by atoms with Gasteiger partial charge in [-0.05, 0) is 26.3 Å². The first kappa shape index (κ1) is 13.2. The monoisotopic (exact) mass is 265 g/mol. The minimum absolute atomic E-state index is 0.837. The van der Waals surface area contributed by atoms with Gasteiger partial charge in [0.15, 0.2) is 0 Å². The Morgan fingerprint density at radius 1 is 1.17 bits per heavy atom. The van der Waals surface area contributed by atoms with Crippen molar-refractivity contribution in [3.05, 3.63) is 16.3 Å². The van der Waals surface area contributed by atoms with Crippen molar-refractivity contribution in [1.29, 1.82) is 0 Å². The first-order chi connectivity index (χ1) is 8.49. The lowest BCUT2D eigenvalue weighted by Crippen LogP contribution is -3.06. The Bertz CT molecular complexity index is 560. The van der Waals surface area contributed by atoms with Crippen LogP contribution in [0.5, 0.6) is 0 Å². The molecule has 0 aliphatic heterocycles. The summed E-state index contributed by atoms with van der Waals surface area (Å²) in [5, 5.41) is 4.64. The number of likely N-dealkylation sites (N-methyl/N-ethyl adjacent to an activating group) is 1. The van der Waals surface area contributed by atoms with E-state index in [1.807, 2.05) is 6.92 Å². The standard InChI is InChI=1S/C13H20N4S/c1-8-9(2)18-13-11(8)12(15-10(3)16-13)14-6-7-17(4)5/h6-7H2,1-5H3,(H,14,15,16)/p+1. The van der Waals surface area contributed by atoms with Crippen LogP contribution in [0.2, 0.25) is 0 Å². The lowest BCUT2D eigenvalue weighted by Gasteiger charge is -2.10. The summed E-state index contributed by atoms with van der Waals surface area (Å²) in [4.78, 5) is 12.9. The minimum atomic E-state index is 0.837. The van der Waals surface area contributed by atoms with E-state index in [0.717, 1.165) is 29.6 Å². The van der Waals surface area contributed by atoms with E-state index in [4.69, 9.17) is 0 Å². The Hall–Kier alpha value is -1.20. The third-order valence-electron chi connectivity index (χ3n) is 3.06. The van der Waals surface area contributed by atoms with E-state index < -0.39 is 0 Å². The second kappa shape index (κ2) is 5.20. The first-order valence-corrected chi connectivity index (χ1v) is 7.08. The third-order valence-corrected chi connectivity index (χ3v) is 4.16. The van der Waals surface area contributed by atoms with Gasteiger partial charge < -0.3 is 10.2 Å². The number of hydrogen-bond acceptors (Lipinski definition) is 4. The van der Waals surface area contributed by atoms with Crippen molar-refractivity contribution < 1.29 is 4.90 Å². The number of quaternary nitrogens is 1. The van der Waals surface area contributed by atoms with E-state index in [1.54, 1.807) is 11.3 Å². The van der Waals surface area contributed by atoms with Crippen LogP contribution in [-0.4, -0.2) is 37.2 Å². The van der Waals surface area contributed by atoms with Crippen LogP contribution in [0.25, 0.3) is 10.2 Å². The largest absolute Gasteiger partial charge is 0.364 e. The maximum Gasteiger partial charge on any atom is 0.138 e. The fourth-order valence-electron chi connectivity index (χ4n) is 1.92. The molecule has 0 atom stereocenters. The van der Waals surface area contributed by atoms with E-state index in [2.05, 4.69) is 43.2 Å². The highest BCUT2D eigenvalue weighted by Crippen LogP contribution is 2.32. The van der Waals surface area contributed by atoms with Crippen molar-refractivity contribution in [3.8, 4) is 0 Å². The van der Waals surface area contributed by atoms with Crippen LogP contribution in [-0.2, 0) is 0 Å². The van der Waals surface area contributed by atoms with Crippen LogP contribution in [0.1, 0.15) is 16.3 Å². The maximum atomic E-state index is 4.55. The number of fused-ring (bicyclic) bond motifs is 1. The number of rotatable bonds is 4. The second-order valence-electron chi connectivity index (χ2n) is 4.97. The van der Waals surface area contributed by atoms with Gasteiger partial charge in [-0.15, -0.1) is 11.3 Å². The van der Waals surface area contributed by atoms with Crippen LogP contribution in [0.4, 0.5) is 5.82 Å². The number of hydrogen-bond donors (Lipinski definition) is 2. The Balaban J connectivity index is 2.36. The molecular formula is C13H21N4S+. The fourth-order valence-corrected chi connectivity index (χ4v) is 2.99. The van der Waals surface area contributed by atoms with Gasteiger partial charge in [-0.2, -0.15) is 0 Å². The van der Waals surface area contributed by atoms with Crippen LogP contribution >= 0.6 is 11.3 Å². The number of anilines is 1. The van der Waals surface area contributed by atoms with Gasteiger partial charge in [-0.3, -0.25) is 0 Å². The molecule has 2 heterocycles. The molecule has 0 spiro atoms. The van der Waals surface area contributed by atoms with Crippen molar-refractivity contribution in [2.24, 2.45) is 0 Å². The molecule has 0 aromatic carbocycles. The van der Waals surface area contributed by atoms with Gasteiger partial charge in [0, 0.05) is 4.88 Å². The molecule has 0 saturated carbocycles. The molecule has 0 fully saturated rings. The van der Waals surface area contributed by atoms with Gasteiger partial charge in [-0.25, -0.2) is 9.97 Å². The highest BCUT2D eigenvalue weighted by Gasteiger charge is 2.13. The van der Waals surface area contributed by atoms with E-state index >= 15 is 0 Å². The van der Waals surface area contributed by atoms with Crippen LogP contribution < -0.4 is 10.2 Å². The zero-order chi connectivity index (χ0) is 13.3. The number of nitrogens with zero attached hydrogens (tertiary/aromatic N) is 2. The van der Waals surface area contributed by atoms with Gasteiger partial charge in [0.1, 0.15) is 16.5 Å². The summed E-state index contributed by atoms with van der Waals surface area (Å²) in [5.74, 6) is 1.82. The first-order valence-electron chi connectivity index (χ1n) is 6.26. The average molecular weight is 265 g/mol. The topological polar surface area (TPSA) is 42.2 Å². The van der Waals surface area contributed by atoms with Crippen molar-refractivity contribution >= 4 is 27.4 Å². The Labute approximate surface area is 112 Å². The zero-order valence-corrected chi connectivity index (χ0v) is 12.5. The van der Waals surface area contributed by atoms with E-state index in [1.165, 1.54) is 20.7 Å². The molecule has 0 unspecified atom stereocenters. The summed E-state index contributed by atoms with van der Waals surface area (Å²) in [6.07, 6.45) is 0. The number of aromatic nitrogens is 2. The summed E-state index contributed by atoms with van der Waals surface area (Å²) in [7, 11) is 4.31. The highest BCUT2D eigenvalue weighted by atomic mass is 32.1. The average Bonchev–Trinajstić information content (AvgIpc) is 2.53. The molecule has 0 radical (unpaired) electrons. The highest BCUT2D eigenvalue weighted by molar-refractivity contribution is 7.18. The summed E-state index contributed by atoms with van der Waals surface area (Å²) in [6, 6.07) is 0. The van der Waals surface area contributed by atoms with Crippen molar-refractivity contribution in [1.82, 2.24) is 9.97 Å². The minimum Gasteiger partial charge on any atom is -0.364 e. The fraction of sp³-hybridized carbons (Fsp3) is 0.538. The summed E-state index contributed by atoms with van der Waals surface area (Å²) >= 11 is 1.75. The zero-order valence-electron chi connectivity index (χ0n) is 11.7. The van der Waals surface area contributed by atoms with Gasteiger partial charge in [0.05, 0.1) is 32.6 Å². The van der Waals surface area contributed by atoms with E-state index in [0.29, 0.717) is 0 Å². The molecule has 2 aromatic rings. The quantitative estimate of drug-likeness (QED) is 0.872. The molecule has 0 aliphatic carbocycles. The predicted molar refractivity (Wildman–Crippen MR) is 77.8 cm³/mol. The van der Waals surface area contributed by atoms with E-state index in [-0.39, 0.29) is 0 Å². The molecule has 18 heavy (non-hydrogen) atoms. The third kappa shape index (κ3) is 2.62. The van der Waals surface area contributed by atoms with Crippen LogP contribution in [0, 0.1) is 20.8 Å². The molecule has 0 aliphatic rings. The maximum absolute atomic E-state index is 4.55. The number of thiophene rings is 1. The van der Waals surface area contributed by atoms with Gasteiger partial charge in [0.25, 0.3) is 0 Å². The van der Waals surface area contributed by atoms with E-state index in [9.17, 15) is 0 Å². The number of nitrogens with one attached hydrogen (secondary N) is 2. The molecular weight excluding hydrogens is 244 g/mol. The predicted octanol–water partition coefficient (Wildman–Crippen LogP) is 1.17. The normalized spacial score (nSPS) is 11.4. The Morgan fingerprint density at radius 3 is 2.56 bits per heavy atom. The van der Waals surface area contributed by atoms with Crippen molar-refractivity contribution in [3.63, 3.8) is 0 Å². The molecule has 98 valence electrons. The van der Waals surface area contributed by atoms with Gasteiger partial charge in [-0.1, -0.05) is 0 Å². The SMILES string of the molecule is Cc1nc(NCC[NH+](C)C)c2c(C)c(C)sc2n1. The van der Waals surface area contributed by atoms with Crippen LogP contribution in [0.15, 0.2) is 0 Å². The summed E-state index contributed by atoms with van der Waals surface area (Å²) in [6.45, 7) is 8.25. The molecule has 5 heteroatoms. The number of aryl methyl sites for hydroxylation is 3. The van der Waals surface area contributed by atoms with Gasteiger partial charge in [0.2, 0.25) is 0 Å². The molecule has 2 N–H and O–H groups in total. The molecule has 0 bridgehead atoms. The Morgan fingerprint density at radius 2 is 1.89 bits per heavy atom. The molecule has 0 amide bonds.